The van der Waals surface area contributed by atoms with Crippen molar-refractivity contribution in [1.29, 1.82) is 0 Å². The fraction of sp³-hybridized carbons (Fsp3) is 0.192. The zero-order valence-electron chi connectivity index (χ0n) is 34.5. The molecule has 0 unspecified atom stereocenters. The monoisotopic (exact) mass is 968 g/mol. The van der Waals surface area contributed by atoms with Crippen molar-refractivity contribution in [2.24, 2.45) is 0 Å². The molecule has 0 atom stereocenters. The molecular weight excluding hydrogens is 924 g/mol. The van der Waals surface area contributed by atoms with Gasteiger partial charge in [-0.15, -0.1) is 59.4 Å². The first-order chi connectivity index (χ1) is 27.8. The summed E-state index contributed by atoms with van der Waals surface area (Å²) in [5, 5.41) is 4.81. The number of nitrogens with zero attached hydrogens (tertiary/aromatic N) is 4. The molecule has 0 N–H and O–H groups in total. The first-order valence-corrected chi connectivity index (χ1v) is 20.8. The fourth-order valence-corrected chi connectivity index (χ4v) is 9.57. The van der Waals surface area contributed by atoms with Crippen molar-refractivity contribution in [1.82, 2.24) is 9.55 Å². The second-order valence-corrected chi connectivity index (χ2v) is 18.7. The molecule has 0 bridgehead atoms. The molecule has 0 radical (unpaired) electrons. The topological polar surface area (TPSA) is 33.5 Å². The Balaban J connectivity index is 0.00000449. The van der Waals surface area contributed by atoms with Gasteiger partial charge in [0, 0.05) is 81.5 Å². The molecule has 298 valence electrons. The van der Waals surface area contributed by atoms with Crippen LogP contribution in [0.5, 0.6) is 11.5 Å². The Morgan fingerprint density at radius 1 is 0.610 bits per heavy atom. The molecule has 10 rings (SSSR count). The maximum Gasteiger partial charge on any atom is 0.135 e. The molecule has 7 heteroatoms. The third-order valence-electron chi connectivity index (χ3n) is 11.5. The molecule has 0 fully saturated rings. The van der Waals surface area contributed by atoms with E-state index in [1.54, 1.807) is 0 Å². The summed E-state index contributed by atoms with van der Waals surface area (Å²) in [6.45, 7) is 20.1. The summed E-state index contributed by atoms with van der Waals surface area (Å²) in [5.41, 5.74) is 11.4. The molecule has 5 nitrogen and oxygen atoms in total. The van der Waals surface area contributed by atoms with Crippen molar-refractivity contribution in [2.45, 2.75) is 66.2 Å². The predicted octanol–water partition coefficient (Wildman–Crippen LogP) is 14.6. The molecule has 9 aromatic rings. The molecule has 0 aliphatic carbocycles. The van der Waals surface area contributed by atoms with E-state index in [0.717, 1.165) is 44.7 Å². The van der Waals surface area contributed by atoms with Crippen LogP contribution in [0.3, 0.4) is 0 Å². The van der Waals surface area contributed by atoms with Crippen LogP contribution in [0.2, 0.25) is 0 Å². The molecule has 59 heavy (non-hydrogen) atoms. The number of pyridine rings is 1. The molecule has 0 saturated carbocycles. The summed E-state index contributed by atoms with van der Waals surface area (Å²) >= 11 is 1.83. The standard InChI is InChI=1S/C52H45N4OS.Pt/c1-32-24-35(52(6,7)8)25-33(2)50(32)55-31-54(43-17-10-11-18-44(43)55)36-14-13-15-37(27-36)57-38-20-21-39-41-29-42-40-16-9-12-19-47(40)58-48(42)30-46(41)56(45(39)28-38)49-26-34(22-23-53-49)51(3,4)5;/h9-26,29-31H,1-8H3;/q-3;. The van der Waals surface area contributed by atoms with Crippen LogP contribution >= 0.6 is 11.3 Å². The fourth-order valence-electron chi connectivity index (χ4n) is 8.45. The van der Waals surface area contributed by atoms with E-state index in [4.69, 9.17) is 9.72 Å². The predicted molar refractivity (Wildman–Crippen MR) is 244 cm³/mol. The molecule has 0 spiro atoms. The number of aryl methyl sites for hydroxylation is 2. The largest absolute Gasteiger partial charge is 0.509 e. The van der Waals surface area contributed by atoms with E-state index in [0.29, 0.717) is 11.5 Å². The van der Waals surface area contributed by atoms with Crippen molar-refractivity contribution < 1.29 is 25.8 Å². The quantitative estimate of drug-likeness (QED) is 0.161. The van der Waals surface area contributed by atoms with Gasteiger partial charge in [0.25, 0.3) is 0 Å². The van der Waals surface area contributed by atoms with Crippen LogP contribution in [-0.4, -0.2) is 9.55 Å². The maximum absolute atomic E-state index is 6.66. The number of fused-ring (bicyclic) bond motifs is 7. The summed E-state index contributed by atoms with van der Waals surface area (Å²) in [6, 6.07) is 48.4. The third-order valence-corrected chi connectivity index (χ3v) is 12.6. The molecular formula is C52H45N4OPtS-3. The molecule has 3 aromatic heterocycles. The van der Waals surface area contributed by atoms with Crippen LogP contribution in [0.15, 0.2) is 121 Å². The molecule has 1 aliphatic rings. The number of rotatable bonds is 5. The van der Waals surface area contributed by atoms with Gasteiger partial charge in [0.1, 0.15) is 5.82 Å². The Labute approximate surface area is 365 Å². The minimum Gasteiger partial charge on any atom is -0.509 e. The van der Waals surface area contributed by atoms with E-state index in [-0.39, 0.29) is 31.9 Å². The Morgan fingerprint density at radius 2 is 1.31 bits per heavy atom. The van der Waals surface area contributed by atoms with Gasteiger partial charge in [-0.1, -0.05) is 95.6 Å². The van der Waals surface area contributed by atoms with Crippen molar-refractivity contribution in [3.63, 3.8) is 0 Å². The number of benzene rings is 6. The van der Waals surface area contributed by atoms with Gasteiger partial charge in [-0.3, -0.25) is 0 Å². The van der Waals surface area contributed by atoms with Gasteiger partial charge in [0.15, 0.2) is 0 Å². The van der Waals surface area contributed by atoms with Crippen LogP contribution in [0.1, 0.15) is 63.8 Å². The van der Waals surface area contributed by atoms with E-state index >= 15 is 0 Å². The van der Waals surface area contributed by atoms with E-state index in [1.807, 2.05) is 35.7 Å². The number of thiophene rings is 1. The van der Waals surface area contributed by atoms with E-state index in [2.05, 4.69) is 186 Å². The maximum atomic E-state index is 6.66. The van der Waals surface area contributed by atoms with Crippen molar-refractivity contribution >= 4 is 76.1 Å². The Kier molecular flexibility index (Phi) is 9.53. The number of hydrogen-bond donors (Lipinski definition) is 0. The van der Waals surface area contributed by atoms with Crippen LogP contribution < -0.4 is 14.5 Å². The molecule has 0 amide bonds. The SMILES string of the molecule is Cc1cc(C(C)(C)C)cc(C)c1N1[CH-]N(c2[c-]c(Oc3[c-]c4c(cc3)c3cc5c(cc3n4-c3cc(C(C)(C)C)ccn3)sc3ccccc35)ccc2)c2ccccc21.[Pt]. The third kappa shape index (κ3) is 6.71. The normalized spacial score (nSPS) is 13.2. The van der Waals surface area contributed by atoms with Gasteiger partial charge in [-0.05, 0) is 88.7 Å². The number of anilines is 4. The van der Waals surface area contributed by atoms with Gasteiger partial charge in [0.2, 0.25) is 0 Å². The second-order valence-electron chi connectivity index (χ2n) is 17.6. The Hall–Kier alpha value is -5.42. The van der Waals surface area contributed by atoms with Gasteiger partial charge >= 0.3 is 0 Å². The van der Waals surface area contributed by atoms with Crippen LogP contribution in [0, 0.1) is 32.6 Å². The molecule has 1 aliphatic heterocycles. The number of ether oxygens (including phenoxy) is 1. The molecule has 0 saturated heterocycles. The van der Waals surface area contributed by atoms with Crippen LogP contribution in [0.25, 0.3) is 47.8 Å². The minimum absolute atomic E-state index is 0. The molecule has 4 heterocycles. The summed E-state index contributed by atoms with van der Waals surface area (Å²) < 4.78 is 11.4. The van der Waals surface area contributed by atoms with Crippen LogP contribution in [0.4, 0.5) is 22.7 Å². The second kappa shape index (κ2) is 14.4. The van der Waals surface area contributed by atoms with Crippen molar-refractivity contribution in [3.05, 3.63) is 163 Å². The Morgan fingerprint density at radius 3 is 2.05 bits per heavy atom. The number of aromatic nitrogens is 2. The van der Waals surface area contributed by atoms with Crippen molar-refractivity contribution in [3.8, 4) is 17.3 Å². The average Bonchev–Trinajstić information content (AvgIpc) is 3.85. The van der Waals surface area contributed by atoms with Gasteiger partial charge in [0.05, 0.1) is 0 Å². The summed E-state index contributed by atoms with van der Waals surface area (Å²) in [5.74, 6) is 2.09. The van der Waals surface area contributed by atoms with Crippen LogP contribution in [-0.2, 0) is 31.9 Å². The summed E-state index contributed by atoms with van der Waals surface area (Å²) in [7, 11) is 0. The number of para-hydroxylation sites is 2. The minimum atomic E-state index is -0.0348. The smallest absolute Gasteiger partial charge is 0.135 e. The zero-order chi connectivity index (χ0) is 40.1. The van der Waals surface area contributed by atoms with Gasteiger partial charge in [-0.2, -0.15) is 12.1 Å². The van der Waals surface area contributed by atoms with Gasteiger partial charge < -0.3 is 19.1 Å². The van der Waals surface area contributed by atoms with Gasteiger partial charge in [-0.25, -0.2) is 4.98 Å². The number of hydrogen-bond acceptors (Lipinski definition) is 5. The zero-order valence-corrected chi connectivity index (χ0v) is 37.6. The first kappa shape index (κ1) is 39.1. The molecule has 6 aromatic carbocycles. The van der Waals surface area contributed by atoms with E-state index in [1.165, 1.54) is 48.1 Å². The summed E-state index contributed by atoms with van der Waals surface area (Å²) in [4.78, 5) is 9.46. The van der Waals surface area contributed by atoms with E-state index in [9.17, 15) is 0 Å². The average molecular weight is 969 g/mol. The summed E-state index contributed by atoms with van der Waals surface area (Å²) in [6.07, 6.45) is 1.92. The van der Waals surface area contributed by atoms with Crippen molar-refractivity contribution in [2.75, 3.05) is 9.80 Å². The van der Waals surface area contributed by atoms with E-state index < -0.39 is 0 Å². The Bertz CT molecular complexity index is 3070. The first-order valence-electron chi connectivity index (χ1n) is 19.9.